The SMILES string of the molecule is N#CCN(CC#N)C(=O)c1cc(N)ccc1[N+](=O)[O-]. The summed E-state index contributed by atoms with van der Waals surface area (Å²) < 4.78 is 0. The van der Waals surface area contributed by atoms with E-state index in [0.29, 0.717) is 0 Å². The quantitative estimate of drug-likeness (QED) is 0.365. The highest BCUT2D eigenvalue weighted by atomic mass is 16.6. The number of hydrogen-bond donors (Lipinski definition) is 1. The second-order valence-corrected chi connectivity index (χ2v) is 3.51. The van der Waals surface area contributed by atoms with Crippen molar-refractivity contribution in [3.8, 4) is 12.1 Å². The minimum Gasteiger partial charge on any atom is -0.399 e. The monoisotopic (exact) mass is 259 g/mol. The van der Waals surface area contributed by atoms with E-state index in [0.717, 1.165) is 17.0 Å². The lowest BCUT2D eigenvalue weighted by atomic mass is 10.1. The van der Waals surface area contributed by atoms with Crippen LogP contribution in [0.3, 0.4) is 0 Å². The molecule has 1 aromatic carbocycles. The number of nitriles is 2. The zero-order valence-electron chi connectivity index (χ0n) is 9.74. The number of nitrogens with zero attached hydrogens (tertiary/aromatic N) is 4. The Morgan fingerprint density at radius 3 is 2.42 bits per heavy atom. The first kappa shape index (κ1) is 13.9. The van der Waals surface area contributed by atoms with E-state index in [2.05, 4.69) is 0 Å². The van der Waals surface area contributed by atoms with Crippen molar-refractivity contribution in [1.29, 1.82) is 10.5 Å². The number of carbonyl (C=O) groups is 1. The topological polar surface area (TPSA) is 137 Å². The number of carbonyl (C=O) groups excluding carboxylic acids is 1. The minimum atomic E-state index is -0.776. The molecule has 0 aliphatic rings. The second kappa shape index (κ2) is 5.98. The second-order valence-electron chi connectivity index (χ2n) is 3.51. The molecule has 2 N–H and O–H groups in total. The number of rotatable bonds is 4. The standard InChI is InChI=1S/C11H9N5O3/c12-3-5-15(6-4-13)11(17)9-7-8(14)1-2-10(9)16(18)19/h1-2,7H,5-6,14H2. The molecule has 1 aromatic rings. The zero-order valence-corrected chi connectivity index (χ0v) is 9.74. The molecular weight excluding hydrogens is 250 g/mol. The van der Waals surface area contributed by atoms with E-state index < -0.39 is 16.5 Å². The van der Waals surface area contributed by atoms with Gasteiger partial charge in [-0.15, -0.1) is 0 Å². The molecule has 8 heteroatoms. The van der Waals surface area contributed by atoms with Crippen molar-refractivity contribution in [3.05, 3.63) is 33.9 Å². The summed E-state index contributed by atoms with van der Waals surface area (Å²) in [5.41, 5.74) is 5.02. The molecular formula is C11H9N5O3. The fourth-order valence-electron chi connectivity index (χ4n) is 1.42. The number of benzene rings is 1. The van der Waals surface area contributed by atoms with Crippen LogP contribution in [-0.4, -0.2) is 28.8 Å². The van der Waals surface area contributed by atoms with Gasteiger partial charge in [-0.3, -0.25) is 14.9 Å². The molecule has 0 heterocycles. The molecule has 0 bridgehead atoms. The summed E-state index contributed by atoms with van der Waals surface area (Å²) in [6.07, 6.45) is 0. The number of anilines is 1. The molecule has 0 atom stereocenters. The Morgan fingerprint density at radius 2 is 1.95 bits per heavy atom. The van der Waals surface area contributed by atoms with Crippen molar-refractivity contribution in [2.24, 2.45) is 0 Å². The molecule has 0 saturated carbocycles. The molecule has 0 saturated heterocycles. The summed E-state index contributed by atoms with van der Waals surface area (Å²) in [6, 6.07) is 7.00. The Hall–Kier alpha value is -3.13. The highest BCUT2D eigenvalue weighted by Crippen LogP contribution is 2.22. The van der Waals surface area contributed by atoms with Crippen molar-refractivity contribution < 1.29 is 9.72 Å². The van der Waals surface area contributed by atoms with Crippen molar-refractivity contribution in [3.63, 3.8) is 0 Å². The number of nitrogens with two attached hydrogens (primary N) is 1. The first-order valence-corrected chi connectivity index (χ1v) is 5.08. The van der Waals surface area contributed by atoms with Gasteiger partial charge in [0, 0.05) is 11.8 Å². The molecule has 0 spiro atoms. The van der Waals surface area contributed by atoms with Crippen LogP contribution in [0.5, 0.6) is 0 Å². The van der Waals surface area contributed by atoms with Gasteiger partial charge in [-0.1, -0.05) is 0 Å². The van der Waals surface area contributed by atoms with Crippen molar-refractivity contribution >= 4 is 17.3 Å². The van der Waals surface area contributed by atoms with Gasteiger partial charge < -0.3 is 10.6 Å². The average molecular weight is 259 g/mol. The molecule has 0 aliphatic heterocycles. The first-order chi connectivity index (χ1) is 9.01. The molecule has 1 amide bonds. The highest BCUT2D eigenvalue weighted by Gasteiger charge is 2.24. The normalized spacial score (nSPS) is 9.16. The predicted molar refractivity (Wildman–Crippen MR) is 64.6 cm³/mol. The van der Waals surface area contributed by atoms with Gasteiger partial charge in [0.1, 0.15) is 18.7 Å². The van der Waals surface area contributed by atoms with Crippen LogP contribution in [0.1, 0.15) is 10.4 Å². The summed E-state index contributed by atoms with van der Waals surface area (Å²) in [5, 5.41) is 28.0. The third-order valence-electron chi connectivity index (χ3n) is 2.26. The maximum Gasteiger partial charge on any atom is 0.282 e. The van der Waals surface area contributed by atoms with Gasteiger partial charge in [0.15, 0.2) is 0 Å². The molecule has 8 nitrogen and oxygen atoms in total. The molecule has 0 fully saturated rings. The lowest BCUT2D eigenvalue weighted by Gasteiger charge is -2.15. The maximum atomic E-state index is 12.1. The van der Waals surface area contributed by atoms with Crippen LogP contribution in [0.25, 0.3) is 0 Å². The van der Waals surface area contributed by atoms with Crippen LogP contribution in [0.15, 0.2) is 18.2 Å². The number of nitrogen functional groups attached to an aromatic ring is 1. The molecule has 0 aromatic heterocycles. The number of hydrogen-bond acceptors (Lipinski definition) is 6. The lowest BCUT2D eigenvalue weighted by Crippen LogP contribution is -2.32. The van der Waals surface area contributed by atoms with E-state index in [1.165, 1.54) is 6.07 Å². The molecule has 96 valence electrons. The number of amides is 1. The largest absolute Gasteiger partial charge is 0.399 e. The van der Waals surface area contributed by atoms with Crippen LogP contribution in [0.4, 0.5) is 11.4 Å². The summed E-state index contributed by atoms with van der Waals surface area (Å²) in [7, 11) is 0. The third-order valence-corrected chi connectivity index (χ3v) is 2.26. The van der Waals surface area contributed by atoms with Gasteiger partial charge in [0.25, 0.3) is 11.6 Å². The van der Waals surface area contributed by atoms with Gasteiger partial charge in [0.05, 0.1) is 17.1 Å². The predicted octanol–water partition coefficient (Wildman–Crippen LogP) is 0.666. The smallest absolute Gasteiger partial charge is 0.282 e. The Kier molecular flexibility index (Phi) is 4.39. The molecule has 19 heavy (non-hydrogen) atoms. The molecule has 0 aliphatic carbocycles. The Morgan fingerprint density at radius 1 is 1.37 bits per heavy atom. The maximum absolute atomic E-state index is 12.1. The number of nitro benzene ring substituents is 1. The summed E-state index contributed by atoms with van der Waals surface area (Å²) in [5.74, 6) is -0.776. The van der Waals surface area contributed by atoms with Crippen LogP contribution in [0, 0.1) is 32.8 Å². The van der Waals surface area contributed by atoms with E-state index in [-0.39, 0.29) is 24.3 Å². The summed E-state index contributed by atoms with van der Waals surface area (Å²) in [4.78, 5) is 23.1. The average Bonchev–Trinajstić information content (AvgIpc) is 2.37. The Bertz CT molecular complexity index is 583. The van der Waals surface area contributed by atoms with Crippen molar-refractivity contribution in [2.75, 3.05) is 18.8 Å². The van der Waals surface area contributed by atoms with Gasteiger partial charge in [-0.2, -0.15) is 10.5 Å². The highest BCUT2D eigenvalue weighted by molar-refractivity contribution is 5.99. The van der Waals surface area contributed by atoms with Crippen molar-refractivity contribution in [1.82, 2.24) is 4.90 Å². The van der Waals surface area contributed by atoms with Gasteiger partial charge in [0.2, 0.25) is 0 Å². The zero-order chi connectivity index (χ0) is 14.4. The van der Waals surface area contributed by atoms with E-state index in [1.54, 1.807) is 12.1 Å². The minimum absolute atomic E-state index is 0.183. The third kappa shape index (κ3) is 3.17. The van der Waals surface area contributed by atoms with E-state index in [1.807, 2.05) is 0 Å². The van der Waals surface area contributed by atoms with E-state index >= 15 is 0 Å². The van der Waals surface area contributed by atoms with Crippen LogP contribution in [0.2, 0.25) is 0 Å². The van der Waals surface area contributed by atoms with E-state index in [9.17, 15) is 14.9 Å². The fraction of sp³-hybridized carbons (Fsp3) is 0.182. The van der Waals surface area contributed by atoms with Crippen molar-refractivity contribution in [2.45, 2.75) is 0 Å². The summed E-state index contributed by atoms with van der Waals surface area (Å²) in [6.45, 7) is -0.670. The molecule has 0 radical (unpaired) electrons. The van der Waals surface area contributed by atoms with Gasteiger partial charge >= 0.3 is 0 Å². The van der Waals surface area contributed by atoms with E-state index in [4.69, 9.17) is 16.3 Å². The van der Waals surface area contributed by atoms with Gasteiger partial charge in [-0.25, -0.2) is 0 Å². The molecule has 1 rings (SSSR count). The number of nitro groups is 1. The summed E-state index contributed by atoms with van der Waals surface area (Å²) >= 11 is 0. The molecule has 0 unspecified atom stereocenters. The van der Waals surface area contributed by atoms with Gasteiger partial charge in [-0.05, 0) is 12.1 Å². The Labute approximate surface area is 108 Å². The van der Waals surface area contributed by atoms with Crippen LogP contribution < -0.4 is 5.73 Å². The Balaban J connectivity index is 3.24. The first-order valence-electron chi connectivity index (χ1n) is 5.08. The van der Waals surface area contributed by atoms with Crippen LogP contribution in [-0.2, 0) is 0 Å². The fourth-order valence-corrected chi connectivity index (χ4v) is 1.42. The van der Waals surface area contributed by atoms with Crippen LogP contribution >= 0.6 is 0 Å². The lowest BCUT2D eigenvalue weighted by molar-refractivity contribution is -0.385.